The van der Waals surface area contributed by atoms with Crippen LogP contribution in [0.4, 0.5) is 13.2 Å². The van der Waals surface area contributed by atoms with Crippen LogP contribution in [0.15, 0.2) is 24.3 Å². The lowest BCUT2D eigenvalue weighted by atomic mass is 10.1. The van der Waals surface area contributed by atoms with Crippen molar-refractivity contribution in [3.63, 3.8) is 0 Å². The molecule has 1 aromatic rings. The molecule has 0 unspecified atom stereocenters. The summed E-state index contributed by atoms with van der Waals surface area (Å²) in [5, 5.41) is 8.50. The van der Waals surface area contributed by atoms with Gasteiger partial charge in [-0.25, -0.2) is 12.7 Å². The molecule has 0 aliphatic rings. The summed E-state index contributed by atoms with van der Waals surface area (Å²) >= 11 is 0. The molecule has 0 bridgehead atoms. The van der Waals surface area contributed by atoms with Crippen LogP contribution in [-0.4, -0.2) is 25.8 Å². The second-order valence-electron chi connectivity index (χ2n) is 4.35. The maximum absolute atomic E-state index is 12.6. The van der Waals surface area contributed by atoms with Gasteiger partial charge in [0.05, 0.1) is 17.4 Å². The highest BCUT2D eigenvalue weighted by atomic mass is 32.2. The molecule has 8 heteroatoms. The number of benzene rings is 1. The number of sulfonamides is 1. The van der Waals surface area contributed by atoms with Crippen LogP contribution in [0.2, 0.25) is 0 Å². The first-order valence-corrected chi connectivity index (χ1v) is 7.82. The fourth-order valence-electron chi connectivity index (χ4n) is 1.81. The van der Waals surface area contributed by atoms with Crippen LogP contribution in [0.1, 0.15) is 24.5 Å². The summed E-state index contributed by atoms with van der Waals surface area (Å²) in [5.74, 6) is -0.518. The Morgan fingerprint density at radius 3 is 2.52 bits per heavy atom. The number of nitriles is 1. The molecule has 1 aromatic carbocycles. The van der Waals surface area contributed by atoms with Crippen LogP contribution in [0.3, 0.4) is 0 Å². The van der Waals surface area contributed by atoms with E-state index >= 15 is 0 Å². The van der Waals surface area contributed by atoms with Crippen molar-refractivity contribution >= 4 is 10.0 Å². The molecule has 1 rings (SSSR count). The lowest BCUT2D eigenvalue weighted by Crippen LogP contribution is -2.32. The Balaban J connectivity index is 2.96. The van der Waals surface area contributed by atoms with Crippen molar-refractivity contribution in [1.29, 1.82) is 5.26 Å². The predicted octanol–water partition coefficient (Wildman–Crippen LogP) is 2.77. The Morgan fingerprint density at radius 2 is 2.00 bits per heavy atom. The van der Waals surface area contributed by atoms with Crippen LogP contribution in [-0.2, 0) is 22.0 Å². The SMILES string of the molecule is CCN(CCC#N)S(=O)(=O)Cc1cccc(C(F)(F)F)c1. The zero-order valence-electron chi connectivity index (χ0n) is 11.4. The molecule has 116 valence electrons. The van der Waals surface area contributed by atoms with E-state index in [1.165, 1.54) is 12.1 Å². The summed E-state index contributed by atoms with van der Waals surface area (Å²) in [5.41, 5.74) is -0.810. The van der Waals surface area contributed by atoms with E-state index in [1.54, 1.807) is 6.92 Å². The Kier molecular flexibility index (Phi) is 5.75. The molecular weight excluding hydrogens is 305 g/mol. The Morgan fingerprint density at radius 1 is 1.33 bits per heavy atom. The van der Waals surface area contributed by atoms with Crippen molar-refractivity contribution in [2.75, 3.05) is 13.1 Å². The van der Waals surface area contributed by atoms with E-state index in [-0.39, 0.29) is 25.1 Å². The van der Waals surface area contributed by atoms with Gasteiger partial charge in [-0.15, -0.1) is 0 Å². The molecule has 0 spiro atoms. The Labute approximate surface area is 121 Å². The van der Waals surface area contributed by atoms with E-state index in [0.29, 0.717) is 0 Å². The molecule has 0 aliphatic heterocycles. The predicted molar refractivity (Wildman–Crippen MR) is 71.5 cm³/mol. The van der Waals surface area contributed by atoms with E-state index in [0.717, 1.165) is 16.4 Å². The van der Waals surface area contributed by atoms with E-state index in [1.807, 2.05) is 6.07 Å². The zero-order chi connectivity index (χ0) is 16.1. The second-order valence-corrected chi connectivity index (χ2v) is 6.32. The summed E-state index contributed by atoms with van der Waals surface area (Å²) in [6.07, 6.45) is -4.47. The van der Waals surface area contributed by atoms with Crippen LogP contribution >= 0.6 is 0 Å². The van der Waals surface area contributed by atoms with Crippen molar-refractivity contribution in [1.82, 2.24) is 4.31 Å². The van der Waals surface area contributed by atoms with Gasteiger partial charge in [0.1, 0.15) is 0 Å². The number of halogens is 3. The third kappa shape index (κ3) is 5.02. The molecule has 0 heterocycles. The maximum Gasteiger partial charge on any atom is 0.416 e. The number of alkyl halides is 3. The summed E-state index contributed by atoms with van der Waals surface area (Å²) in [6, 6.07) is 6.08. The van der Waals surface area contributed by atoms with Gasteiger partial charge in [0.25, 0.3) is 0 Å². The fourth-order valence-corrected chi connectivity index (χ4v) is 3.35. The molecule has 0 fully saturated rings. The number of nitrogens with zero attached hydrogens (tertiary/aromatic N) is 2. The largest absolute Gasteiger partial charge is 0.416 e. The highest BCUT2D eigenvalue weighted by Crippen LogP contribution is 2.30. The van der Waals surface area contributed by atoms with Gasteiger partial charge in [-0.1, -0.05) is 25.1 Å². The fraction of sp³-hybridized carbons (Fsp3) is 0.462. The number of rotatable bonds is 6. The van der Waals surface area contributed by atoms with Crippen LogP contribution < -0.4 is 0 Å². The van der Waals surface area contributed by atoms with Gasteiger partial charge in [0.15, 0.2) is 0 Å². The Bertz CT molecular complexity index is 621. The molecule has 0 amide bonds. The van der Waals surface area contributed by atoms with Crippen LogP contribution in [0.25, 0.3) is 0 Å². The molecule has 0 saturated carbocycles. The van der Waals surface area contributed by atoms with E-state index in [4.69, 9.17) is 5.26 Å². The molecule has 0 aromatic heterocycles. The van der Waals surface area contributed by atoms with Gasteiger partial charge in [-0.2, -0.15) is 18.4 Å². The highest BCUT2D eigenvalue weighted by molar-refractivity contribution is 7.88. The molecule has 0 radical (unpaired) electrons. The average molecular weight is 320 g/mol. The summed E-state index contributed by atoms with van der Waals surface area (Å²) in [4.78, 5) is 0. The summed E-state index contributed by atoms with van der Waals surface area (Å²) < 4.78 is 63.1. The van der Waals surface area contributed by atoms with Gasteiger partial charge in [-0.3, -0.25) is 0 Å². The van der Waals surface area contributed by atoms with Gasteiger partial charge in [0.2, 0.25) is 10.0 Å². The highest BCUT2D eigenvalue weighted by Gasteiger charge is 2.31. The lowest BCUT2D eigenvalue weighted by molar-refractivity contribution is -0.137. The molecule has 0 atom stereocenters. The van der Waals surface area contributed by atoms with E-state index in [9.17, 15) is 21.6 Å². The van der Waals surface area contributed by atoms with Gasteiger partial charge in [0, 0.05) is 19.5 Å². The van der Waals surface area contributed by atoms with Crippen molar-refractivity contribution < 1.29 is 21.6 Å². The lowest BCUT2D eigenvalue weighted by Gasteiger charge is -2.19. The van der Waals surface area contributed by atoms with Crippen LogP contribution in [0, 0.1) is 11.3 Å². The topological polar surface area (TPSA) is 61.2 Å². The molecule has 4 nitrogen and oxygen atoms in total. The van der Waals surface area contributed by atoms with Gasteiger partial charge < -0.3 is 0 Å². The Hall–Kier alpha value is -1.59. The molecule has 21 heavy (non-hydrogen) atoms. The number of hydrogen-bond acceptors (Lipinski definition) is 3. The van der Waals surface area contributed by atoms with Gasteiger partial charge >= 0.3 is 6.18 Å². The average Bonchev–Trinajstić information content (AvgIpc) is 2.38. The minimum absolute atomic E-state index is 0.0360. The van der Waals surface area contributed by atoms with Crippen molar-refractivity contribution in [2.24, 2.45) is 0 Å². The minimum atomic E-state index is -4.51. The van der Waals surface area contributed by atoms with Crippen LogP contribution in [0.5, 0.6) is 0 Å². The molecule has 0 saturated heterocycles. The normalized spacial score (nSPS) is 12.4. The quantitative estimate of drug-likeness (QED) is 0.810. The summed E-state index contributed by atoms with van der Waals surface area (Å²) in [7, 11) is -3.75. The summed E-state index contributed by atoms with van der Waals surface area (Å²) in [6.45, 7) is 1.82. The van der Waals surface area contributed by atoms with Crippen molar-refractivity contribution in [3.05, 3.63) is 35.4 Å². The maximum atomic E-state index is 12.6. The second kappa shape index (κ2) is 6.91. The van der Waals surface area contributed by atoms with Gasteiger partial charge in [-0.05, 0) is 11.6 Å². The third-order valence-corrected chi connectivity index (χ3v) is 4.75. The number of hydrogen-bond donors (Lipinski definition) is 0. The van der Waals surface area contributed by atoms with Crippen molar-refractivity contribution in [2.45, 2.75) is 25.3 Å². The standard InChI is InChI=1S/C13H15F3N2O2S/c1-2-18(8-4-7-17)21(19,20)10-11-5-3-6-12(9-11)13(14,15)16/h3,5-6,9H,2,4,8,10H2,1H3. The van der Waals surface area contributed by atoms with E-state index < -0.39 is 27.5 Å². The molecule has 0 N–H and O–H groups in total. The monoisotopic (exact) mass is 320 g/mol. The zero-order valence-corrected chi connectivity index (χ0v) is 12.2. The first kappa shape index (κ1) is 17.5. The first-order valence-electron chi connectivity index (χ1n) is 6.21. The molecule has 0 aliphatic carbocycles. The minimum Gasteiger partial charge on any atom is -0.212 e. The smallest absolute Gasteiger partial charge is 0.212 e. The first-order chi connectivity index (χ1) is 9.70. The van der Waals surface area contributed by atoms with Crippen molar-refractivity contribution in [3.8, 4) is 6.07 Å². The molecular formula is C13H15F3N2O2S. The van der Waals surface area contributed by atoms with E-state index in [2.05, 4.69) is 0 Å². The third-order valence-electron chi connectivity index (χ3n) is 2.82.